The summed E-state index contributed by atoms with van der Waals surface area (Å²) in [4.78, 5) is 0. The van der Waals surface area contributed by atoms with Crippen LogP contribution in [-0.4, -0.2) is 20.3 Å². The quantitative estimate of drug-likeness (QED) is 0.662. The molecule has 23 heavy (non-hydrogen) atoms. The number of hydrogen-bond acceptors (Lipinski definition) is 3. The third-order valence-electron chi connectivity index (χ3n) is 3.34. The second kappa shape index (κ2) is 9.78. The number of rotatable bonds is 9. The molecule has 0 fully saturated rings. The van der Waals surface area contributed by atoms with E-state index in [0.717, 1.165) is 37.4 Å². The highest BCUT2D eigenvalue weighted by Gasteiger charge is 2.01. The first-order valence-electron chi connectivity index (χ1n) is 7.54. The van der Waals surface area contributed by atoms with Crippen molar-refractivity contribution in [3.8, 4) is 5.75 Å². The van der Waals surface area contributed by atoms with E-state index < -0.39 is 0 Å². The summed E-state index contributed by atoms with van der Waals surface area (Å²) in [6.07, 6.45) is 1.02. The molecule has 0 aliphatic rings. The maximum Gasteiger partial charge on any atom is 0.119 e. The molecule has 0 spiro atoms. The second-order valence-corrected chi connectivity index (χ2v) is 6.02. The lowest BCUT2D eigenvalue weighted by Gasteiger charge is -2.09. The van der Waals surface area contributed by atoms with Crippen LogP contribution in [0.1, 0.15) is 17.5 Å². The van der Waals surface area contributed by atoms with E-state index >= 15 is 0 Å². The lowest BCUT2D eigenvalue weighted by atomic mass is 10.2. The average molecular weight is 354 g/mol. The van der Waals surface area contributed by atoms with Gasteiger partial charge in [-0.25, -0.2) is 0 Å². The van der Waals surface area contributed by atoms with Crippen molar-refractivity contribution in [1.82, 2.24) is 5.32 Å². The van der Waals surface area contributed by atoms with Crippen LogP contribution in [-0.2, 0) is 17.9 Å². The molecule has 0 radical (unpaired) electrons. The van der Waals surface area contributed by atoms with E-state index in [0.29, 0.717) is 16.7 Å². The van der Waals surface area contributed by atoms with Gasteiger partial charge >= 0.3 is 0 Å². The topological polar surface area (TPSA) is 30.5 Å². The molecule has 0 bridgehead atoms. The summed E-state index contributed by atoms with van der Waals surface area (Å²) in [5.74, 6) is 0.833. The Hall–Kier alpha value is -1.26. The van der Waals surface area contributed by atoms with Crippen LogP contribution in [0.2, 0.25) is 10.0 Å². The van der Waals surface area contributed by atoms with Crippen molar-refractivity contribution in [2.75, 3.05) is 20.3 Å². The Kier molecular flexibility index (Phi) is 7.69. The lowest BCUT2D eigenvalue weighted by molar-refractivity contribution is 0.194. The summed E-state index contributed by atoms with van der Waals surface area (Å²) in [6, 6.07) is 13.6. The van der Waals surface area contributed by atoms with Gasteiger partial charge < -0.3 is 14.8 Å². The van der Waals surface area contributed by atoms with E-state index in [9.17, 15) is 0 Å². The largest absolute Gasteiger partial charge is 0.489 e. The third-order valence-corrected chi connectivity index (χ3v) is 4.08. The van der Waals surface area contributed by atoms with Gasteiger partial charge in [0.25, 0.3) is 0 Å². The molecular weight excluding hydrogens is 333 g/mol. The Morgan fingerprint density at radius 3 is 2.39 bits per heavy atom. The normalized spacial score (nSPS) is 10.7. The van der Waals surface area contributed by atoms with Crippen molar-refractivity contribution in [3.63, 3.8) is 0 Å². The molecule has 0 saturated carbocycles. The molecule has 0 aliphatic carbocycles. The van der Waals surface area contributed by atoms with Crippen LogP contribution in [0.15, 0.2) is 42.5 Å². The number of hydrogen-bond donors (Lipinski definition) is 1. The molecule has 0 aliphatic heterocycles. The van der Waals surface area contributed by atoms with E-state index in [1.54, 1.807) is 13.2 Å². The predicted molar refractivity (Wildman–Crippen MR) is 95.4 cm³/mol. The molecule has 1 N–H and O–H groups in total. The fourth-order valence-corrected chi connectivity index (χ4v) is 2.39. The van der Waals surface area contributed by atoms with Gasteiger partial charge in [-0.2, -0.15) is 0 Å². The van der Waals surface area contributed by atoms with Crippen LogP contribution in [0.3, 0.4) is 0 Å². The van der Waals surface area contributed by atoms with Gasteiger partial charge in [0.1, 0.15) is 12.4 Å². The summed E-state index contributed by atoms with van der Waals surface area (Å²) in [6.45, 7) is 3.04. The predicted octanol–water partition coefficient (Wildman–Crippen LogP) is 4.70. The fourth-order valence-electron chi connectivity index (χ4n) is 2.07. The van der Waals surface area contributed by atoms with Gasteiger partial charge in [0.15, 0.2) is 0 Å². The van der Waals surface area contributed by atoms with Crippen LogP contribution in [0, 0.1) is 0 Å². The molecule has 2 rings (SSSR count). The fraction of sp³-hybridized carbons (Fsp3) is 0.333. The minimum Gasteiger partial charge on any atom is -0.489 e. The smallest absolute Gasteiger partial charge is 0.119 e. The Balaban J connectivity index is 1.77. The van der Waals surface area contributed by atoms with Gasteiger partial charge in [-0.05, 0) is 48.4 Å². The van der Waals surface area contributed by atoms with E-state index in [-0.39, 0.29) is 0 Å². The lowest BCUT2D eigenvalue weighted by Crippen LogP contribution is -2.15. The van der Waals surface area contributed by atoms with Crippen molar-refractivity contribution in [3.05, 3.63) is 63.6 Å². The van der Waals surface area contributed by atoms with E-state index in [1.165, 1.54) is 5.56 Å². The first-order valence-corrected chi connectivity index (χ1v) is 8.30. The zero-order valence-corrected chi connectivity index (χ0v) is 14.7. The summed E-state index contributed by atoms with van der Waals surface area (Å²) in [5, 5.41) is 4.47. The second-order valence-electron chi connectivity index (χ2n) is 5.20. The molecule has 2 aromatic rings. The van der Waals surface area contributed by atoms with Crippen LogP contribution in [0.4, 0.5) is 0 Å². The Labute approximate surface area is 147 Å². The number of methoxy groups -OCH3 is 1. The minimum atomic E-state index is 0.464. The Morgan fingerprint density at radius 1 is 0.957 bits per heavy atom. The molecule has 0 amide bonds. The first-order chi connectivity index (χ1) is 11.2. The molecule has 0 aromatic heterocycles. The van der Waals surface area contributed by atoms with Crippen molar-refractivity contribution in [1.29, 1.82) is 0 Å². The maximum absolute atomic E-state index is 5.99. The highest BCUT2D eigenvalue weighted by Crippen LogP contribution is 2.23. The molecule has 3 nitrogen and oxygen atoms in total. The monoisotopic (exact) mass is 353 g/mol. The van der Waals surface area contributed by atoms with Gasteiger partial charge in [-0.15, -0.1) is 0 Å². The van der Waals surface area contributed by atoms with Crippen molar-refractivity contribution in [2.24, 2.45) is 0 Å². The van der Waals surface area contributed by atoms with Crippen LogP contribution in [0.25, 0.3) is 0 Å². The minimum absolute atomic E-state index is 0.464. The van der Waals surface area contributed by atoms with E-state index in [2.05, 4.69) is 17.4 Å². The maximum atomic E-state index is 5.99. The molecular formula is C18H21Cl2NO2. The van der Waals surface area contributed by atoms with Crippen molar-refractivity contribution >= 4 is 23.2 Å². The SMILES string of the molecule is COCCCNCc1ccc(OCc2ccc(Cl)c(Cl)c2)cc1. The van der Waals surface area contributed by atoms with E-state index in [1.807, 2.05) is 24.3 Å². The number of nitrogens with one attached hydrogen (secondary N) is 1. The van der Waals surface area contributed by atoms with Gasteiger partial charge in [0.2, 0.25) is 0 Å². The Bertz CT molecular complexity index is 602. The molecule has 2 aromatic carbocycles. The van der Waals surface area contributed by atoms with Crippen molar-refractivity contribution < 1.29 is 9.47 Å². The number of benzene rings is 2. The first kappa shape index (κ1) is 18.1. The molecule has 0 saturated heterocycles. The van der Waals surface area contributed by atoms with Gasteiger partial charge in [-0.1, -0.05) is 41.4 Å². The number of halogens is 2. The standard InChI is InChI=1S/C18H21Cl2NO2/c1-22-10-2-9-21-12-14-3-6-16(7-4-14)23-13-15-5-8-17(19)18(20)11-15/h3-8,11,21H,2,9-10,12-13H2,1H3. The highest BCUT2D eigenvalue weighted by atomic mass is 35.5. The molecule has 124 valence electrons. The molecule has 0 heterocycles. The molecule has 0 unspecified atom stereocenters. The van der Waals surface area contributed by atoms with Crippen LogP contribution < -0.4 is 10.1 Å². The van der Waals surface area contributed by atoms with Gasteiger partial charge in [0, 0.05) is 20.3 Å². The van der Waals surface area contributed by atoms with Crippen LogP contribution >= 0.6 is 23.2 Å². The molecule has 0 atom stereocenters. The van der Waals surface area contributed by atoms with E-state index in [4.69, 9.17) is 32.7 Å². The third kappa shape index (κ3) is 6.40. The summed E-state index contributed by atoms with van der Waals surface area (Å²) in [7, 11) is 1.72. The zero-order valence-electron chi connectivity index (χ0n) is 13.1. The highest BCUT2D eigenvalue weighted by molar-refractivity contribution is 6.42. The summed E-state index contributed by atoms with van der Waals surface area (Å²) < 4.78 is 10.8. The summed E-state index contributed by atoms with van der Waals surface area (Å²) >= 11 is 11.9. The molecule has 5 heteroatoms. The van der Waals surface area contributed by atoms with Crippen LogP contribution in [0.5, 0.6) is 5.75 Å². The van der Waals surface area contributed by atoms with Crippen molar-refractivity contribution in [2.45, 2.75) is 19.6 Å². The van der Waals surface area contributed by atoms with Gasteiger partial charge in [0.05, 0.1) is 10.0 Å². The average Bonchev–Trinajstić information content (AvgIpc) is 2.57. The zero-order chi connectivity index (χ0) is 16.5. The Morgan fingerprint density at radius 2 is 1.70 bits per heavy atom. The number of ether oxygens (including phenoxy) is 2. The summed E-state index contributed by atoms with van der Waals surface area (Å²) in [5.41, 5.74) is 2.22. The van der Waals surface area contributed by atoms with Gasteiger partial charge in [-0.3, -0.25) is 0 Å².